The normalized spacial score (nSPS) is 17.9. The van der Waals surface area contributed by atoms with E-state index >= 15 is 0 Å². The summed E-state index contributed by atoms with van der Waals surface area (Å²) in [6, 6.07) is 4.30. The zero-order valence-corrected chi connectivity index (χ0v) is 10.7. The lowest BCUT2D eigenvalue weighted by molar-refractivity contribution is 0.167. The first-order chi connectivity index (χ1) is 9.29. The SMILES string of the molecule is OCCC#Cc1cc(F)ccc1OCC1CCOC1. The lowest BCUT2D eigenvalue weighted by Gasteiger charge is -2.11. The second-order valence-electron chi connectivity index (χ2n) is 4.46. The van der Waals surface area contributed by atoms with Gasteiger partial charge < -0.3 is 14.6 Å². The van der Waals surface area contributed by atoms with Gasteiger partial charge in [0.25, 0.3) is 0 Å². The minimum atomic E-state index is -0.343. The monoisotopic (exact) mass is 264 g/mol. The summed E-state index contributed by atoms with van der Waals surface area (Å²) in [5, 5.41) is 8.69. The molecule has 0 aromatic heterocycles. The van der Waals surface area contributed by atoms with Crippen molar-refractivity contribution in [3.63, 3.8) is 0 Å². The fourth-order valence-electron chi connectivity index (χ4n) is 1.86. The molecule has 1 aliphatic rings. The van der Waals surface area contributed by atoms with Gasteiger partial charge in [-0.15, -0.1) is 0 Å². The van der Waals surface area contributed by atoms with E-state index in [2.05, 4.69) is 11.8 Å². The third-order valence-corrected chi connectivity index (χ3v) is 2.90. The number of hydrogen-bond acceptors (Lipinski definition) is 3. The minimum Gasteiger partial charge on any atom is -0.492 e. The van der Waals surface area contributed by atoms with Crippen LogP contribution in [-0.2, 0) is 4.74 Å². The molecular formula is C15H17FO3. The van der Waals surface area contributed by atoms with Crippen LogP contribution in [0.1, 0.15) is 18.4 Å². The van der Waals surface area contributed by atoms with Crippen molar-refractivity contribution in [3.05, 3.63) is 29.6 Å². The highest BCUT2D eigenvalue weighted by atomic mass is 19.1. The van der Waals surface area contributed by atoms with Gasteiger partial charge in [-0.05, 0) is 24.6 Å². The Bertz CT molecular complexity index is 470. The Balaban J connectivity index is 2.03. The molecule has 1 unspecified atom stereocenters. The fraction of sp³-hybridized carbons (Fsp3) is 0.467. The molecule has 1 N–H and O–H groups in total. The lowest BCUT2D eigenvalue weighted by Crippen LogP contribution is -2.12. The van der Waals surface area contributed by atoms with E-state index in [1.165, 1.54) is 12.1 Å². The second kappa shape index (κ2) is 7.13. The Labute approximate surface area is 112 Å². The Morgan fingerprint density at radius 2 is 2.37 bits per heavy atom. The molecular weight excluding hydrogens is 247 g/mol. The highest BCUT2D eigenvalue weighted by molar-refractivity contribution is 5.46. The minimum absolute atomic E-state index is 0.00206. The number of hydrogen-bond donors (Lipinski definition) is 1. The highest BCUT2D eigenvalue weighted by Gasteiger charge is 2.16. The van der Waals surface area contributed by atoms with E-state index in [4.69, 9.17) is 14.6 Å². The first-order valence-electron chi connectivity index (χ1n) is 6.39. The van der Waals surface area contributed by atoms with E-state index < -0.39 is 0 Å². The summed E-state index contributed by atoms with van der Waals surface area (Å²) in [7, 11) is 0. The zero-order valence-electron chi connectivity index (χ0n) is 10.7. The molecule has 3 nitrogen and oxygen atoms in total. The van der Waals surface area contributed by atoms with Crippen molar-refractivity contribution in [2.75, 3.05) is 26.4 Å². The molecule has 0 aliphatic carbocycles. The maximum absolute atomic E-state index is 13.2. The van der Waals surface area contributed by atoms with E-state index in [0.717, 1.165) is 13.0 Å². The van der Waals surface area contributed by atoms with Gasteiger partial charge in [-0.2, -0.15) is 0 Å². The maximum Gasteiger partial charge on any atom is 0.135 e. The highest BCUT2D eigenvalue weighted by Crippen LogP contribution is 2.21. The van der Waals surface area contributed by atoms with Crippen molar-refractivity contribution in [2.24, 2.45) is 5.92 Å². The van der Waals surface area contributed by atoms with Crippen LogP contribution < -0.4 is 4.74 Å². The summed E-state index contributed by atoms with van der Waals surface area (Å²) < 4.78 is 24.2. The predicted molar refractivity (Wildman–Crippen MR) is 69.4 cm³/mol. The van der Waals surface area contributed by atoms with Crippen LogP contribution in [0, 0.1) is 23.6 Å². The van der Waals surface area contributed by atoms with E-state index in [1.54, 1.807) is 6.07 Å². The molecule has 1 atom stereocenters. The Morgan fingerprint density at radius 1 is 1.47 bits per heavy atom. The average molecular weight is 264 g/mol. The van der Waals surface area contributed by atoms with Crippen LogP contribution in [0.5, 0.6) is 5.75 Å². The number of halogens is 1. The van der Waals surface area contributed by atoms with Crippen LogP contribution in [-0.4, -0.2) is 31.5 Å². The van der Waals surface area contributed by atoms with E-state index in [9.17, 15) is 4.39 Å². The second-order valence-corrected chi connectivity index (χ2v) is 4.46. The molecule has 1 fully saturated rings. The molecule has 0 amide bonds. The van der Waals surface area contributed by atoms with Crippen LogP contribution in [0.2, 0.25) is 0 Å². The van der Waals surface area contributed by atoms with Crippen molar-refractivity contribution >= 4 is 0 Å². The third kappa shape index (κ3) is 4.23. The molecule has 4 heteroatoms. The largest absolute Gasteiger partial charge is 0.492 e. The molecule has 1 aliphatic heterocycles. The van der Waals surface area contributed by atoms with Crippen molar-refractivity contribution in [1.29, 1.82) is 0 Å². The van der Waals surface area contributed by atoms with Crippen molar-refractivity contribution in [2.45, 2.75) is 12.8 Å². The topological polar surface area (TPSA) is 38.7 Å². The molecule has 1 aromatic rings. The van der Waals surface area contributed by atoms with E-state index in [1.807, 2.05) is 0 Å². The van der Waals surface area contributed by atoms with Gasteiger partial charge in [0.2, 0.25) is 0 Å². The predicted octanol–water partition coefficient (Wildman–Crippen LogP) is 1.97. The van der Waals surface area contributed by atoms with Crippen molar-refractivity contribution < 1.29 is 19.0 Å². The van der Waals surface area contributed by atoms with Gasteiger partial charge in [0.1, 0.15) is 11.6 Å². The van der Waals surface area contributed by atoms with E-state index in [-0.39, 0.29) is 12.4 Å². The number of aliphatic hydroxyl groups is 1. The van der Waals surface area contributed by atoms with Gasteiger partial charge in [0.15, 0.2) is 0 Å². The summed E-state index contributed by atoms with van der Waals surface area (Å²) in [6.07, 6.45) is 1.36. The summed E-state index contributed by atoms with van der Waals surface area (Å²) in [5.41, 5.74) is 0.521. The lowest BCUT2D eigenvalue weighted by atomic mass is 10.1. The summed E-state index contributed by atoms with van der Waals surface area (Å²) in [5.74, 6) is 6.23. The van der Waals surface area contributed by atoms with Gasteiger partial charge in [-0.25, -0.2) is 4.39 Å². The zero-order chi connectivity index (χ0) is 13.5. The molecule has 19 heavy (non-hydrogen) atoms. The Morgan fingerprint density at radius 3 is 3.11 bits per heavy atom. The molecule has 102 valence electrons. The van der Waals surface area contributed by atoms with E-state index in [0.29, 0.717) is 36.9 Å². The molecule has 2 rings (SSSR count). The van der Waals surface area contributed by atoms with Gasteiger partial charge in [0.05, 0.1) is 25.4 Å². The Hall–Kier alpha value is -1.57. The quantitative estimate of drug-likeness (QED) is 0.845. The maximum atomic E-state index is 13.2. The van der Waals surface area contributed by atoms with Gasteiger partial charge in [-0.3, -0.25) is 0 Å². The molecule has 1 heterocycles. The molecule has 0 saturated carbocycles. The third-order valence-electron chi connectivity index (χ3n) is 2.90. The summed E-state index contributed by atoms with van der Waals surface area (Å²) in [4.78, 5) is 0. The van der Waals surface area contributed by atoms with Crippen LogP contribution in [0.3, 0.4) is 0 Å². The van der Waals surface area contributed by atoms with Crippen molar-refractivity contribution in [1.82, 2.24) is 0 Å². The van der Waals surface area contributed by atoms with Crippen LogP contribution in [0.15, 0.2) is 18.2 Å². The number of aliphatic hydroxyl groups excluding tert-OH is 1. The summed E-state index contributed by atoms with van der Waals surface area (Å²) >= 11 is 0. The fourth-order valence-corrected chi connectivity index (χ4v) is 1.86. The first-order valence-corrected chi connectivity index (χ1v) is 6.39. The molecule has 1 aromatic carbocycles. The standard InChI is InChI=1S/C15H17FO3/c16-14-4-5-15(13(9-14)3-1-2-7-17)19-11-12-6-8-18-10-12/h4-5,9,12,17H,2,6-8,10-11H2. The molecule has 0 spiro atoms. The number of ether oxygens (including phenoxy) is 2. The molecule has 0 radical (unpaired) electrons. The van der Waals surface area contributed by atoms with Crippen molar-refractivity contribution in [3.8, 4) is 17.6 Å². The van der Waals surface area contributed by atoms with Gasteiger partial charge in [0, 0.05) is 18.9 Å². The number of benzene rings is 1. The van der Waals surface area contributed by atoms with Crippen LogP contribution >= 0.6 is 0 Å². The summed E-state index contributed by atoms with van der Waals surface area (Å²) in [6.45, 7) is 2.05. The van der Waals surface area contributed by atoms with Gasteiger partial charge >= 0.3 is 0 Å². The smallest absolute Gasteiger partial charge is 0.135 e. The Kier molecular flexibility index (Phi) is 5.20. The first kappa shape index (κ1) is 13.9. The van der Waals surface area contributed by atoms with Gasteiger partial charge in [-0.1, -0.05) is 11.8 Å². The molecule has 0 bridgehead atoms. The van der Waals surface area contributed by atoms with Crippen LogP contribution in [0.25, 0.3) is 0 Å². The van der Waals surface area contributed by atoms with Crippen LogP contribution in [0.4, 0.5) is 4.39 Å². The average Bonchev–Trinajstić information content (AvgIpc) is 2.91. The number of rotatable bonds is 4. The molecule has 1 saturated heterocycles.